The molecule has 1 N–H and O–H groups in total. The maximum atomic E-state index is 8.43. The van der Waals surface area contributed by atoms with Gasteiger partial charge in [-0.3, -0.25) is 0 Å². The molecule has 0 fully saturated rings. The smallest absolute Gasteiger partial charge is 0.0718 e. The molecule has 0 spiro atoms. The second kappa shape index (κ2) is 18.6. The molecule has 5 heteroatoms. The van der Waals surface area contributed by atoms with Gasteiger partial charge in [-0.2, -0.15) is 0 Å². The van der Waals surface area contributed by atoms with Crippen molar-refractivity contribution >= 4 is 0 Å². The van der Waals surface area contributed by atoms with E-state index in [1.165, 1.54) is 5.56 Å². The number of aliphatic hydroxyl groups is 1. The standard InChI is InChI=1S/C12H18O2.C11H16O3/c1-2-8-13-9-10-14-11-12-6-4-3-5-7-12;12-6-7-13-8-9-14-10-11-4-2-1-3-5-11/h3-7H,2,8-11H2,1H3;1-5,12H,6-10H2. The first kappa shape index (κ1) is 24.3. The average Bonchev–Trinajstić information content (AvgIpc) is 2.75. The van der Waals surface area contributed by atoms with Crippen molar-refractivity contribution in [2.24, 2.45) is 0 Å². The van der Waals surface area contributed by atoms with Gasteiger partial charge in [0.1, 0.15) is 0 Å². The monoisotopic (exact) mass is 390 g/mol. The average molecular weight is 391 g/mol. The van der Waals surface area contributed by atoms with Crippen LogP contribution in [-0.4, -0.2) is 51.4 Å². The number of rotatable bonds is 14. The Morgan fingerprint density at radius 2 is 1.00 bits per heavy atom. The highest BCUT2D eigenvalue weighted by molar-refractivity contribution is 5.14. The van der Waals surface area contributed by atoms with E-state index in [9.17, 15) is 0 Å². The second-order valence-corrected chi connectivity index (χ2v) is 6.02. The molecule has 156 valence electrons. The van der Waals surface area contributed by atoms with E-state index in [2.05, 4.69) is 19.1 Å². The number of benzene rings is 2. The first-order chi connectivity index (χ1) is 13.9. The van der Waals surface area contributed by atoms with Crippen molar-refractivity contribution in [3.8, 4) is 0 Å². The summed E-state index contributed by atoms with van der Waals surface area (Å²) in [6.45, 7) is 7.14. The predicted octanol–water partition coefficient (Wildman–Crippen LogP) is 3.84. The lowest BCUT2D eigenvalue weighted by Gasteiger charge is -2.04. The molecule has 2 rings (SSSR count). The third kappa shape index (κ3) is 14.3. The summed E-state index contributed by atoms with van der Waals surface area (Å²) in [5.74, 6) is 0. The minimum absolute atomic E-state index is 0.0681. The normalized spacial score (nSPS) is 10.4. The number of aliphatic hydroxyl groups excluding tert-OH is 1. The van der Waals surface area contributed by atoms with Crippen molar-refractivity contribution in [3.05, 3.63) is 71.8 Å². The first-order valence-corrected chi connectivity index (χ1v) is 9.86. The highest BCUT2D eigenvalue weighted by atomic mass is 16.5. The minimum atomic E-state index is 0.0681. The zero-order valence-electron chi connectivity index (χ0n) is 16.9. The van der Waals surface area contributed by atoms with Gasteiger partial charge < -0.3 is 24.1 Å². The van der Waals surface area contributed by atoms with Crippen LogP contribution in [0.5, 0.6) is 0 Å². The van der Waals surface area contributed by atoms with Crippen LogP contribution in [0.2, 0.25) is 0 Å². The van der Waals surface area contributed by atoms with Gasteiger partial charge in [-0.1, -0.05) is 67.6 Å². The first-order valence-electron chi connectivity index (χ1n) is 9.86. The fraction of sp³-hybridized carbons (Fsp3) is 0.478. The lowest BCUT2D eigenvalue weighted by Crippen LogP contribution is -2.07. The van der Waals surface area contributed by atoms with Gasteiger partial charge in [0.2, 0.25) is 0 Å². The van der Waals surface area contributed by atoms with E-state index in [-0.39, 0.29) is 6.61 Å². The summed E-state index contributed by atoms with van der Waals surface area (Å²) in [4.78, 5) is 0. The Bertz CT molecular complexity index is 496. The van der Waals surface area contributed by atoms with E-state index in [0.717, 1.165) is 18.6 Å². The third-order valence-corrected chi connectivity index (χ3v) is 3.55. The highest BCUT2D eigenvalue weighted by Gasteiger charge is 1.92. The van der Waals surface area contributed by atoms with Crippen molar-refractivity contribution in [1.82, 2.24) is 0 Å². The fourth-order valence-electron chi connectivity index (χ4n) is 2.18. The molecule has 28 heavy (non-hydrogen) atoms. The molecule has 0 atom stereocenters. The molecule has 0 aliphatic rings. The van der Waals surface area contributed by atoms with Gasteiger partial charge in [0.05, 0.1) is 52.9 Å². The highest BCUT2D eigenvalue weighted by Crippen LogP contribution is 2.00. The van der Waals surface area contributed by atoms with Crippen molar-refractivity contribution in [2.75, 3.05) is 46.2 Å². The van der Waals surface area contributed by atoms with E-state index < -0.39 is 0 Å². The molecule has 5 nitrogen and oxygen atoms in total. The van der Waals surface area contributed by atoms with E-state index >= 15 is 0 Å². The van der Waals surface area contributed by atoms with Crippen LogP contribution in [0.3, 0.4) is 0 Å². The molecular formula is C23H34O5. The minimum Gasteiger partial charge on any atom is -0.394 e. The Labute approximate surface area is 169 Å². The van der Waals surface area contributed by atoms with Crippen molar-refractivity contribution in [1.29, 1.82) is 0 Å². The molecule has 2 aromatic rings. The van der Waals surface area contributed by atoms with Crippen molar-refractivity contribution in [3.63, 3.8) is 0 Å². The van der Waals surface area contributed by atoms with Gasteiger partial charge in [0, 0.05) is 6.61 Å². The van der Waals surface area contributed by atoms with E-state index in [1.807, 2.05) is 48.5 Å². The molecule has 0 saturated heterocycles. The largest absolute Gasteiger partial charge is 0.394 e. The zero-order chi connectivity index (χ0) is 20.1. The van der Waals surface area contributed by atoms with E-state index in [4.69, 9.17) is 24.1 Å². The van der Waals surface area contributed by atoms with Crippen LogP contribution in [0.4, 0.5) is 0 Å². The Morgan fingerprint density at radius 3 is 1.43 bits per heavy atom. The van der Waals surface area contributed by atoms with Crippen LogP contribution in [0.15, 0.2) is 60.7 Å². The van der Waals surface area contributed by atoms with Gasteiger partial charge >= 0.3 is 0 Å². The summed E-state index contributed by atoms with van der Waals surface area (Å²) >= 11 is 0. The number of hydrogen-bond donors (Lipinski definition) is 1. The molecular weight excluding hydrogens is 356 g/mol. The summed E-state index contributed by atoms with van der Waals surface area (Å²) in [6.07, 6.45) is 1.07. The Kier molecular flexibility index (Phi) is 16.1. The SMILES string of the molecule is CCCOCCOCc1ccccc1.OCCOCCOCc1ccccc1. The quantitative estimate of drug-likeness (QED) is 0.497. The van der Waals surface area contributed by atoms with E-state index in [1.54, 1.807) is 0 Å². The second-order valence-electron chi connectivity index (χ2n) is 6.02. The van der Waals surface area contributed by atoms with Crippen molar-refractivity contribution in [2.45, 2.75) is 26.6 Å². The predicted molar refractivity (Wildman–Crippen MR) is 111 cm³/mol. The summed E-state index contributed by atoms with van der Waals surface area (Å²) in [6, 6.07) is 20.2. The number of hydrogen-bond acceptors (Lipinski definition) is 5. The topological polar surface area (TPSA) is 57.2 Å². The summed E-state index contributed by atoms with van der Waals surface area (Å²) in [5, 5.41) is 8.43. The Hall–Kier alpha value is -1.76. The lowest BCUT2D eigenvalue weighted by atomic mass is 10.2. The van der Waals surface area contributed by atoms with E-state index in [0.29, 0.717) is 46.2 Å². The fourth-order valence-corrected chi connectivity index (χ4v) is 2.18. The molecule has 0 heterocycles. The molecule has 0 unspecified atom stereocenters. The number of ether oxygens (including phenoxy) is 4. The molecule has 0 bridgehead atoms. The van der Waals surface area contributed by atoms with Crippen LogP contribution < -0.4 is 0 Å². The van der Waals surface area contributed by atoms with Crippen LogP contribution >= 0.6 is 0 Å². The van der Waals surface area contributed by atoms with Crippen LogP contribution in [0.1, 0.15) is 24.5 Å². The molecule has 2 aromatic carbocycles. The molecule has 0 aliphatic heterocycles. The van der Waals surface area contributed by atoms with Crippen LogP contribution in [0.25, 0.3) is 0 Å². The molecule has 0 amide bonds. The van der Waals surface area contributed by atoms with Gasteiger partial charge in [-0.15, -0.1) is 0 Å². The van der Waals surface area contributed by atoms with Gasteiger partial charge in [0.15, 0.2) is 0 Å². The van der Waals surface area contributed by atoms with Gasteiger partial charge in [0.25, 0.3) is 0 Å². The summed E-state index contributed by atoms with van der Waals surface area (Å²) in [5.41, 5.74) is 2.37. The molecule has 0 radical (unpaired) electrons. The molecule has 0 saturated carbocycles. The maximum Gasteiger partial charge on any atom is 0.0718 e. The van der Waals surface area contributed by atoms with Gasteiger partial charge in [-0.05, 0) is 17.5 Å². The summed E-state index contributed by atoms with van der Waals surface area (Å²) < 4.78 is 21.1. The molecule has 0 aromatic heterocycles. The van der Waals surface area contributed by atoms with Gasteiger partial charge in [-0.25, -0.2) is 0 Å². The zero-order valence-corrected chi connectivity index (χ0v) is 16.9. The summed E-state index contributed by atoms with van der Waals surface area (Å²) in [7, 11) is 0. The van der Waals surface area contributed by atoms with Crippen LogP contribution in [0, 0.1) is 0 Å². The Balaban J connectivity index is 0.000000280. The lowest BCUT2D eigenvalue weighted by molar-refractivity contribution is 0.0274. The Morgan fingerprint density at radius 1 is 0.571 bits per heavy atom. The molecule has 0 aliphatic carbocycles. The van der Waals surface area contributed by atoms with Crippen LogP contribution in [-0.2, 0) is 32.2 Å². The third-order valence-electron chi connectivity index (χ3n) is 3.55. The maximum absolute atomic E-state index is 8.43. The van der Waals surface area contributed by atoms with Crippen molar-refractivity contribution < 1.29 is 24.1 Å².